The largest absolute Gasteiger partial charge is 0.205 e. The summed E-state index contributed by atoms with van der Waals surface area (Å²) >= 11 is 0. The molecule has 3 aromatic rings. The van der Waals surface area contributed by atoms with E-state index in [1.165, 1.54) is 75.3 Å². The van der Waals surface area contributed by atoms with Crippen molar-refractivity contribution in [3.8, 4) is 11.8 Å². The molecule has 0 radical (unpaired) electrons. The fourth-order valence-electron chi connectivity index (χ4n) is 5.74. The van der Waals surface area contributed by atoms with Gasteiger partial charge in [0, 0.05) is 10.9 Å². The average Bonchev–Trinajstić information content (AvgIpc) is 2.93. The lowest BCUT2D eigenvalue weighted by molar-refractivity contribution is 0.254. The van der Waals surface area contributed by atoms with Crippen molar-refractivity contribution in [3.63, 3.8) is 0 Å². The molecule has 0 aromatic heterocycles. The molecule has 1 aliphatic rings. The molecule has 1 heteroatoms. The maximum Gasteiger partial charge on any atom is 0.146 e. The second kappa shape index (κ2) is 14.2. The first-order valence-corrected chi connectivity index (χ1v) is 14.6. The average molecular weight is 495 g/mol. The number of allylic oxidation sites excluding steroid dienone is 2. The molecule has 1 aliphatic carbocycles. The summed E-state index contributed by atoms with van der Waals surface area (Å²) in [6, 6.07) is 18.5. The van der Waals surface area contributed by atoms with Gasteiger partial charge < -0.3 is 0 Å². The molecule has 0 saturated heterocycles. The molecule has 0 nitrogen and oxygen atoms in total. The van der Waals surface area contributed by atoms with Crippen molar-refractivity contribution < 1.29 is 4.39 Å². The van der Waals surface area contributed by atoms with Gasteiger partial charge in [0.2, 0.25) is 0 Å². The summed E-state index contributed by atoms with van der Waals surface area (Å²) in [5, 5.41) is 1.62. The SMILES string of the molecule is C/C=C/CCC1CCC(CCc2ccc(C#Cc3ccc4cc(CCCCC)ccc4c3F)cc2)CC1. The second-order valence-electron chi connectivity index (χ2n) is 11.0. The number of rotatable bonds is 10. The Hall–Kier alpha value is -2.85. The van der Waals surface area contributed by atoms with Gasteiger partial charge in [-0.1, -0.05) is 106 Å². The van der Waals surface area contributed by atoms with E-state index in [-0.39, 0.29) is 5.82 Å². The van der Waals surface area contributed by atoms with Crippen molar-refractivity contribution in [3.05, 3.63) is 94.8 Å². The van der Waals surface area contributed by atoms with Gasteiger partial charge in [-0.15, -0.1) is 0 Å². The zero-order valence-electron chi connectivity index (χ0n) is 22.9. The van der Waals surface area contributed by atoms with Crippen LogP contribution in [0.4, 0.5) is 4.39 Å². The van der Waals surface area contributed by atoms with Crippen LogP contribution >= 0.6 is 0 Å². The number of hydrogen-bond acceptors (Lipinski definition) is 0. The predicted octanol–water partition coefficient (Wildman–Crippen LogP) is 10.2. The van der Waals surface area contributed by atoms with E-state index in [4.69, 9.17) is 0 Å². The minimum atomic E-state index is -0.210. The van der Waals surface area contributed by atoms with Crippen molar-refractivity contribution in [2.45, 2.75) is 90.9 Å². The third-order valence-corrected chi connectivity index (χ3v) is 8.17. The van der Waals surface area contributed by atoms with Gasteiger partial charge in [0.15, 0.2) is 0 Å². The standard InChI is InChI=1S/C36H43F/c1-3-5-7-9-28-11-13-29(14-12-28)15-16-30-17-19-31(20-18-30)21-23-33-24-25-34-27-32(10-8-6-4-2)22-26-35(34)36(33)37/h3,5,17-20,22,24-29H,4,6-16H2,1-2H3/b5-3+. The maximum absolute atomic E-state index is 15.1. The molecule has 0 heterocycles. The minimum absolute atomic E-state index is 0.210. The summed E-state index contributed by atoms with van der Waals surface area (Å²) in [5.74, 6) is 7.85. The molecule has 0 bridgehead atoms. The van der Waals surface area contributed by atoms with Gasteiger partial charge in [-0.2, -0.15) is 0 Å². The number of benzene rings is 3. The lowest BCUT2D eigenvalue weighted by atomic mass is 9.78. The second-order valence-corrected chi connectivity index (χ2v) is 11.0. The lowest BCUT2D eigenvalue weighted by Gasteiger charge is -2.28. The first-order chi connectivity index (χ1) is 18.2. The molecular formula is C36H43F. The van der Waals surface area contributed by atoms with Crippen molar-refractivity contribution in [2.75, 3.05) is 0 Å². The molecule has 1 saturated carbocycles. The number of hydrogen-bond donors (Lipinski definition) is 0. The Labute approximate surface area is 224 Å². The number of fused-ring (bicyclic) bond motifs is 1. The highest BCUT2D eigenvalue weighted by Crippen LogP contribution is 2.34. The Bertz CT molecular complexity index is 1210. The van der Waals surface area contributed by atoms with E-state index in [2.05, 4.69) is 74.2 Å². The molecule has 0 atom stereocenters. The van der Waals surface area contributed by atoms with Crippen LogP contribution < -0.4 is 0 Å². The zero-order chi connectivity index (χ0) is 25.9. The van der Waals surface area contributed by atoms with Gasteiger partial charge in [0.25, 0.3) is 0 Å². The molecule has 0 N–H and O–H groups in total. The van der Waals surface area contributed by atoms with E-state index in [0.717, 1.165) is 35.6 Å². The van der Waals surface area contributed by atoms with Crippen LogP contribution in [-0.2, 0) is 12.8 Å². The Balaban J connectivity index is 1.30. The van der Waals surface area contributed by atoms with Crippen LogP contribution in [0.25, 0.3) is 10.8 Å². The number of unbranched alkanes of at least 4 members (excludes halogenated alkanes) is 2. The summed E-state index contributed by atoms with van der Waals surface area (Å²) in [7, 11) is 0. The summed E-state index contributed by atoms with van der Waals surface area (Å²) in [6.07, 6.45) is 19.8. The molecule has 0 spiro atoms. The topological polar surface area (TPSA) is 0 Å². The monoisotopic (exact) mass is 494 g/mol. The predicted molar refractivity (Wildman–Crippen MR) is 157 cm³/mol. The molecule has 3 aromatic carbocycles. The molecule has 0 unspecified atom stereocenters. The van der Waals surface area contributed by atoms with E-state index in [9.17, 15) is 0 Å². The highest BCUT2D eigenvalue weighted by atomic mass is 19.1. The quantitative estimate of drug-likeness (QED) is 0.149. The molecule has 0 aliphatic heterocycles. The van der Waals surface area contributed by atoms with Gasteiger partial charge >= 0.3 is 0 Å². The van der Waals surface area contributed by atoms with Gasteiger partial charge in [0.1, 0.15) is 5.82 Å². The normalized spacial score (nSPS) is 17.7. The van der Waals surface area contributed by atoms with Crippen LogP contribution in [0.15, 0.2) is 66.7 Å². The Kier molecular flexibility index (Phi) is 10.4. The fraction of sp³-hybridized carbons (Fsp3) is 0.444. The minimum Gasteiger partial charge on any atom is -0.205 e. The summed E-state index contributed by atoms with van der Waals surface area (Å²) < 4.78 is 15.1. The van der Waals surface area contributed by atoms with Crippen molar-refractivity contribution in [1.82, 2.24) is 0 Å². The van der Waals surface area contributed by atoms with Gasteiger partial charge in [-0.05, 0) is 92.0 Å². The van der Waals surface area contributed by atoms with Crippen molar-refractivity contribution in [1.29, 1.82) is 0 Å². The Morgan fingerprint density at radius 2 is 1.54 bits per heavy atom. The van der Waals surface area contributed by atoms with Gasteiger partial charge in [0.05, 0.1) is 5.56 Å². The third kappa shape index (κ3) is 8.07. The van der Waals surface area contributed by atoms with Crippen molar-refractivity contribution in [2.24, 2.45) is 11.8 Å². The smallest absolute Gasteiger partial charge is 0.146 e. The van der Waals surface area contributed by atoms with Crippen LogP contribution in [-0.4, -0.2) is 0 Å². The molecule has 1 fully saturated rings. The molecule has 194 valence electrons. The Morgan fingerprint density at radius 1 is 0.811 bits per heavy atom. The third-order valence-electron chi connectivity index (χ3n) is 8.17. The summed E-state index contributed by atoms with van der Waals surface area (Å²) in [6.45, 7) is 4.33. The molecule has 37 heavy (non-hydrogen) atoms. The van der Waals surface area contributed by atoms with Crippen LogP contribution in [0.3, 0.4) is 0 Å². The molecule has 4 rings (SSSR count). The zero-order valence-corrected chi connectivity index (χ0v) is 22.9. The van der Waals surface area contributed by atoms with Crippen molar-refractivity contribution >= 4 is 10.8 Å². The first kappa shape index (κ1) is 27.2. The fourth-order valence-corrected chi connectivity index (χ4v) is 5.74. The number of aryl methyl sites for hydroxylation is 2. The Morgan fingerprint density at radius 3 is 2.27 bits per heavy atom. The van der Waals surface area contributed by atoms with Crippen LogP contribution in [0.5, 0.6) is 0 Å². The highest BCUT2D eigenvalue weighted by Gasteiger charge is 2.20. The molecule has 0 amide bonds. The van der Waals surface area contributed by atoms with Crippen LogP contribution in [0.2, 0.25) is 0 Å². The maximum atomic E-state index is 15.1. The lowest BCUT2D eigenvalue weighted by Crippen LogP contribution is -2.15. The number of halogens is 1. The van der Waals surface area contributed by atoms with Crippen LogP contribution in [0, 0.1) is 29.5 Å². The van der Waals surface area contributed by atoms with Gasteiger partial charge in [-0.25, -0.2) is 4.39 Å². The highest BCUT2D eigenvalue weighted by molar-refractivity contribution is 5.85. The van der Waals surface area contributed by atoms with E-state index < -0.39 is 0 Å². The first-order valence-electron chi connectivity index (χ1n) is 14.6. The van der Waals surface area contributed by atoms with E-state index >= 15 is 4.39 Å². The molecular weight excluding hydrogens is 451 g/mol. The summed E-state index contributed by atoms with van der Waals surface area (Å²) in [4.78, 5) is 0. The van der Waals surface area contributed by atoms with Gasteiger partial charge in [-0.3, -0.25) is 0 Å². The van der Waals surface area contributed by atoms with E-state index in [0.29, 0.717) is 10.9 Å². The van der Waals surface area contributed by atoms with E-state index in [1.54, 1.807) is 0 Å². The van der Waals surface area contributed by atoms with Crippen LogP contribution in [0.1, 0.15) is 100 Å². The summed E-state index contributed by atoms with van der Waals surface area (Å²) in [5.41, 5.74) is 4.08. The van der Waals surface area contributed by atoms with E-state index in [1.807, 2.05) is 18.2 Å².